The Balaban J connectivity index is 1.60. The van der Waals surface area contributed by atoms with Gasteiger partial charge in [-0.1, -0.05) is 35.9 Å². The number of carbonyl (C=O) groups is 1. The van der Waals surface area contributed by atoms with Gasteiger partial charge in [-0.15, -0.1) is 11.3 Å². The van der Waals surface area contributed by atoms with Crippen LogP contribution in [0.2, 0.25) is 0 Å². The first-order valence-electron chi connectivity index (χ1n) is 8.32. The molecule has 0 unspecified atom stereocenters. The van der Waals surface area contributed by atoms with Crippen LogP contribution in [0.5, 0.6) is 0 Å². The van der Waals surface area contributed by atoms with Crippen molar-refractivity contribution in [2.45, 2.75) is 33.2 Å². The van der Waals surface area contributed by atoms with Gasteiger partial charge in [0.05, 0.1) is 10.7 Å². The average Bonchev–Trinajstić information content (AvgIpc) is 3.00. The van der Waals surface area contributed by atoms with Gasteiger partial charge in [-0.05, 0) is 38.0 Å². The molecule has 1 N–H and O–H groups in total. The van der Waals surface area contributed by atoms with Gasteiger partial charge in [-0.3, -0.25) is 9.78 Å². The summed E-state index contributed by atoms with van der Waals surface area (Å²) in [7, 11) is 0. The van der Waals surface area contributed by atoms with E-state index in [-0.39, 0.29) is 5.91 Å². The SMILES string of the molecule is Cc1cccc(CNC(=O)c2sc(CCc3ccccn3)nc2C)c1. The van der Waals surface area contributed by atoms with Crippen LogP contribution in [-0.2, 0) is 19.4 Å². The van der Waals surface area contributed by atoms with Crippen molar-refractivity contribution in [2.75, 3.05) is 0 Å². The Labute approximate surface area is 152 Å². The van der Waals surface area contributed by atoms with E-state index in [4.69, 9.17) is 0 Å². The molecule has 0 saturated heterocycles. The monoisotopic (exact) mass is 351 g/mol. The van der Waals surface area contributed by atoms with E-state index in [1.807, 2.05) is 50.2 Å². The minimum atomic E-state index is -0.0550. The molecule has 0 radical (unpaired) electrons. The van der Waals surface area contributed by atoms with E-state index in [0.29, 0.717) is 11.4 Å². The fraction of sp³-hybridized carbons (Fsp3) is 0.250. The van der Waals surface area contributed by atoms with E-state index in [1.54, 1.807) is 6.20 Å². The molecule has 2 aromatic heterocycles. The summed E-state index contributed by atoms with van der Waals surface area (Å²) in [5.41, 5.74) is 4.13. The molecule has 0 atom stereocenters. The predicted octanol–water partition coefficient (Wildman–Crippen LogP) is 3.87. The van der Waals surface area contributed by atoms with Gasteiger partial charge in [-0.2, -0.15) is 0 Å². The summed E-state index contributed by atoms with van der Waals surface area (Å²) in [4.78, 5) is 22.0. The molecule has 4 nitrogen and oxygen atoms in total. The highest BCUT2D eigenvalue weighted by molar-refractivity contribution is 7.13. The fourth-order valence-corrected chi connectivity index (χ4v) is 3.62. The number of carbonyl (C=O) groups excluding carboxylic acids is 1. The molecule has 0 saturated carbocycles. The number of pyridine rings is 1. The second-order valence-electron chi connectivity index (χ2n) is 6.01. The van der Waals surface area contributed by atoms with Crippen molar-refractivity contribution in [3.63, 3.8) is 0 Å². The molecule has 0 spiro atoms. The number of benzene rings is 1. The molecule has 25 heavy (non-hydrogen) atoms. The van der Waals surface area contributed by atoms with Crippen molar-refractivity contribution in [3.05, 3.63) is 81.1 Å². The molecule has 1 aromatic carbocycles. The van der Waals surface area contributed by atoms with Gasteiger partial charge in [0.2, 0.25) is 0 Å². The lowest BCUT2D eigenvalue weighted by Gasteiger charge is -2.05. The van der Waals surface area contributed by atoms with Gasteiger partial charge >= 0.3 is 0 Å². The van der Waals surface area contributed by atoms with E-state index in [0.717, 1.165) is 34.8 Å². The van der Waals surface area contributed by atoms with E-state index in [2.05, 4.69) is 21.4 Å². The molecule has 0 fully saturated rings. The van der Waals surface area contributed by atoms with Crippen molar-refractivity contribution in [1.82, 2.24) is 15.3 Å². The minimum absolute atomic E-state index is 0.0550. The summed E-state index contributed by atoms with van der Waals surface area (Å²) in [5, 5.41) is 3.97. The molecule has 0 aliphatic rings. The van der Waals surface area contributed by atoms with Crippen LogP contribution in [0.3, 0.4) is 0 Å². The highest BCUT2D eigenvalue weighted by atomic mass is 32.1. The van der Waals surface area contributed by atoms with Crippen LogP contribution >= 0.6 is 11.3 Å². The van der Waals surface area contributed by atoms with Crippen molar-refractivity contribution in [3.8, 4) is 0 Å². The normalized spacial score (nSPS) is 10.6. The Morgan fingerprint density at radius 1 is 1.12 bits per heavy atom. The van der Waals surface area contributed by atoms with Gasteiger partial charge in [0.1, 0.15) is 4.88 Å². The molecule has 128 valence electrons. The highest BCUT2D eigenvalue weighted by Crippen LogP contribution is 2.19. The molecule has 3 aromatic rings. The Morgan fingerprint density at radius 2 is 2.00 bits per heavy atom. The Morgan fingerprint density at radius 3 is 2.76 bits per heavy atom. The van der Waals surface area contributed by atoms with E-state index in [9.17, 15) is 4.79 Å². The van der Waals surface area contributed by atoms with Crippen LogP contribution in [0.1, 0.15) is 37.2 Å². The molecular weight excluding hydrogens is 330 g/mol. The van der Waals surface area contributed by atoms with Crippen LogP contribution in [0.25, 0.3) is 0 Å². The summed E-state index contributed by atoms with van der Waals surface area (Å²) in [6.07, 6.45) is 3.43. The lowest BCUT2D eigenvalue weighted by atomic mass is 10.1. The van der Waals surface area contributed by atoms with Gasteiger partial charge in [-0.25, -0.2) is 4.98 Å². The smallest absolute Gasteiger partial charge is 0.263 e. The van der Waals surface area contributed by atoms with Gasteiger partial charge < -0.3 is 5.32 Å². The lowest BCUT2D eigenvalue weighted by molar-refractivity contribution is 0.0954. The fourth-order valence-electron chi connectivity index (χ4n) is 2.64. The number of nitrogens with zero attached hydrogens (tertiary/aromatic N) is 2. The zero-order chi connectivity index (χ0) is 17.6. The molecule has 2 heterocycles. The second-order valence-corrected chi connectivity index (χ2v) is 7.10. The van der Waals surface area contributed by atoms with Crippen molar-refractivity contribution >= 4 is 17.2 Å². The molecule has 0 bridgehead atoms. The maximum Gasteiger partial charge on any atom is 0.263 e. The van der Waals surface area contributed by atoms with Crippen LogP contribution in [0.4, 0.5) is 0 Å². The first kappa shape index (κ1) is 17.3. The number of hydrogen-bond acceptors (Lipinski definition) is 4. The Kier molecular flexibility index (Phi) is 5.56. The van der Waals surface area contributed by atoms with Gasteiger partial charge in [0, 0.05) is 24.9 Å². The molecular formula is C20H21N3OS. The van der Waals surface area contributed by atoms with Crippen LogP contribution in [0, 0.1) is 13.8 Å². The quantitative estimate of drug-likeness (QED) is 0.733. The number of aromatic nitrogens is 2. The van der Waals surface area contributed by atoms with E-state index >= 15 is 0 Å². The largest absolute Gasteiger partial charge is 0.347 e. The van der Waals surface area contributed by atoms with Crippen molar-refractivity contribution in [2.24, 2.45) is 0 Å². The number of rotatable bonds is 6. The summed E-state index contributed by atoms with van der Waals surface area (Å²) in [6, 6.07) is 14.1. The van der Waals surface area contributed by atoms with Gasteiger partial charge in [0.15, 0.2) is 0 Å². The van der Waals surface area contributed by atoms with E-state index < -0.39 is 0 Å². The van der Waals surface area contributed by atoms with Crippen LogP contribution in [0.15, 0.2) is 48.7 Å². The third kappa shape index (κ3) is 4.73. The average molecular weight is 351 g/mol. The van der Waals surface area contributed by atoms with Gasteiger partial charge in [0.25, 0.3) is 5.91 Å². The number of amides is 1. The number of nitrogens with one attached hydrogen (secondary N) is 1. The zero-order valence-corrected chi connectivity index (χ0v) is 15.3. The molecule has 0 aliphatic carbocycles. The second kappa shape index (κ2) is 8.03. The molecule has 1 amide bonds. The zero-order valence-electron chi connectivity index (χ0n) is 14.5. The van der Waals surface area contributed by atoms with Crippen LogP contribution < -0.4 is 5.32 Å². The first-order chi connectivity index (χ1) is 12.1. The topological polar surface area (TPSA) is 54.9 Å². The highest BCUT2D eigenvalue weighted by Gasteiger charge is 2.15. The Hall–Kier alpha value is -2.53. The standard InChI is InChI=1S/C20H21N3OS/c1-14-6-5-7-16(12-14)13-22-20(24)19-15(2)23-18(25-19)10-9-17-8-3-4-11-21-17/h3-8,11-12H,9-10,13H2,1-2H3,(H,22,24). The third-order valence-corrected chi connectivity index (χ3v) is 5.12. The minimum Gasteiger partial charge on any atom is -0.347 e. The maximum absolute atomic E-state index is 12.5. The third-order valence-electron chi connectivity index (χ3n) is 3.90. The van der Waals surface area contributed by atoms with Crippen molar-refractivity contribution in [1.29, 1.82) is 0 Å². The lowest BCUT2D eigenvalue weighted by Crippen LogP contribution is -2.22. The number of thiazole rings is 1. The molecule has 5 heteroatoms. The summed E-state index contributed by atoms with van der Waals surface area (Å²) >= 11 is 1.47. The number of aryl methyl sites for hydroxylation is 4. The number of hydrogen-bond donors (Lipinski definition) is 1. The van der Waals surface area contributed by atoms with E-state index in [1.165, 1.54) is 16.9 Å². The Bertz CT molecular complexity index is 858. The summed E-state index contributed by atoms with van der Waals surface area (Å²) in [6.45, 7) is 4.47. The predicted molar refractivity (Wildman–Crippen MR) is 101 cm³/mol. The first-order valence-corrected chi connectivity index (χ1v) is 9.13. The maximum atomic E-state index is 12.5. The van der Waals surface area contributed by atoms with Crippen LogP contribution in [-0.4, -0.2) is 15.9 Å². The summed E-state index contributed by atoms with van der Waals surface area (Å²) < 4.78 is 0. The summed E-state index contributed by atoms with van der Waals surface area (Å²) in [5.74, 6) is -0.0550. The molecule has 0 aliphatic heterocycles. The van der Waals surface area contributed by atoms with Crippen molar-refractivity contribution < 1.29 is 4.79 Å². The molecule has 3 rings (SSSR count).